The summed E-state index contributed by atoms with van der Waals surface area (Å²) in [7, 11) is 0.238. The van der Waals surface area contributed by atoms with Crippen molar-refractivity contribution in [3.05, 3.63) is 12.4 Å². The van der Waals surface area contributed by atoms with Crippen LogP contribution >= 0.6 is 0 Å². The quantitative estimate of drug-likeness (QED) is 0.712. The smallest absolute Gasteiger partial charge is 0.243 e. The molecule has 0 aromatic carbocycles. The molecule has 0 aliphatic rings. The van der Waals surface area contributed by atoms with Crippen molar-refractivity contribution in [1.82, 2.24) is 19.6 Å². The van der Waals surface area contributed by atoms with Crippen LogP contribution in [0.4, 0.5) is 5.95 Å². The molecule has 18 heavy (non-hydrogen) atoms. The molecule has 0 aliphatic heterocycles. The predicted molar refractivity (Wildman–Crippen MR) is 69.9 cm³/mol. The second-order valence-electron chi connectivity index (χ2n) is 3.97. The molecule has 0 bridgehead atoms. The number of rotatable bonds is 7. The summed E-state index contributed by atoms with van der Waals surface area (Å²) < 4.78 is 26.2. The van der Waals surface area contributed by atoms with Gasteiger partial charge in [-0.2, -0.15) is 0 Å². The number of sulfonamides is 1. The molecule has 0 unspecified atom stereocenters. The summed E-state index contributed by atoms with van der Waals surface area (Å²) in [5, 5.41) is 2.90. The maximum Gasteiger partial charge on any atom is 0.243 e. The third kappa shape index (κ3) is 4.55. The van der Waals surface area contributed by atoms with Crippen LogP contribution < -0.4 is 10.0 Å². The summed E-state index contributed by atoms with van der Waals surface area (Å²) in [6.45, 7) is 3.59. The molecule has 0 saturated carbocycles. The molecule has 0 atom stereocenters. The van der Waals surface area contributed by atoms with Crippen LogP contribution in [0.2, 0.25) is 0 Å². The lowest BCUT2D eigenvalue weighted by atomic mass is 10.6. The number of hydrogen-bond acceptors (Lipinski definition) is 6. The van der Waals surface area contributed by atoms with Crippen molar-refractivity contribution in [3.63, 3.8) is 0 Å². The van der Waals surface area contributed by atoms with Gasteiger partial charge in [0.15, 0.2) is 0 Å². The van der Waals surface area contributed by atoms with E-state index in [1.165, 1.54) is 12.4 Å². The van der Waals surface area contributed by atoms with Gasteiger partial charge in [-0.1, -0.05) is 0 Å². The van der Waals surface area contributed by atoms with Gasteiger partial charge in [0.1, 0.15) is 4.90 Å². The largest absolute Gasteiger partial charge is 0.355 e. The topological polar surface area (TPSA) is 87.2 Å². The zero-order valence-corrected chi connectivity index (χ0v) is 11.7. The Hall–Kier alpha value is -1.25. The monoisotopic (exact) mass is 273 g/mol. The molecule has 2 N–H and O–H groups in total. The second kappa shape index (κ2) is 6.62. The summed E-state index contributed by atoms with van der Waals surface area (Å²) >= 11 is 0. The van der Waals surface area contributed by atoms with Gasteiger partial charge < -0.3 is 10.2 Å². The minimum Gasteiger partial charge on any atom is -0.355 e. The molecule has 0 amide bonds. The number of nitrogens with one attached hydrogen (secondary N) is 2. The fourth-order valence-electron chi connectivity index (χ4n) is 1.19. The molecule has 7 nitrogen and oxygen atoms in total. The minimum absolute atomic E-state index is 0.0721. The molecule has 8 heteroatoms. The fraction of sp³-hybridized carbons (Fsp3) is 0.600. The maximum atomic E-state index is 11.9. The van der Waals surface area contributed by atoms with Gasteiger partial charge in [0, 0.05) is 19.6 Å². The summed E-state index contributed by atoms with van der Waals surface area (Å²) in [5.74, 6) is 0.421. The van der Waals surface area contributed by atoms with E-state index in [0.29, 0.717) is 25.6 Å². The van der Waals surface area contributed by atoms with E-state index in [0.717, 1.165) is 0 Å². The van der Waals surface area contributed by atoms with Crippen LogP contribution in [-0.4, -0.2) is 57.0 Å². The van der Waals surface area contributed by atoms with Crippen molar-refractivity contribution in [3.8, 4) is 0 Å². The van der Waals surface area contributed by atoms with Crippen LogP contribution in [-0.2, 0) is 10.0 Å². The van der Waals surface area contributed by atoms with E-state index < -0.39 is 10.0 Å². The normalized spacial score (nSPS) is 11.8. The van der Waals surface area contributed by atoms with Crippen molar-refractivity contribution in [2.24, 2.45) is 0 Å². The highest BCUT2D eigenvalue weighted by Crippen LogP contribution is 2.06. The Morgan fingerprint density at radius 2 is 1.89 bits per heavy atom. The van der Waals surface area contributed by atoms with Gasteiger partial charge in [-0.3, -0.25) is 0 Å². The van der Waals surface area contributed by atoms with E-state index in [1.54, 1.807) is 0 Å². The van der Waals surface area contributed by atoms with Gasteiger partial charge in [0.2, 0.25) is 16.0 Å². The van der Waals surface area contributed by atoms with Crippen molar-refractivity contribution >= 4 is 16.0 Å². The van der Waals surface area contributed by atoms with E-state index >= 15 is 0 Å². The van der Waals surface area contributed by atoms with Gasteiger partial charge in [-0.15, -0.1) is 0 Å². The second-order valence-corrected chi connectivity index (χ2v) is 5.74. The average Bonchev–Trinajstić information content (AvgIpc) is 2.29. The van der Waals surface area contributed by atoms with E-state index in [2.05, 4.69) is 20.0 Å². The molecular weight excluding hydrogens is 254 g/mol. The fourth-order valence-corrected chi connectivity index (χ4v) is 2.10. The van der Waals surface area contributed by atoms with Crippen LogP contribution in [0.1, 0.15) is 6.92 Å². The Bertz CT molecular complexity index is 458. The first-order chi connectivity index (χ1) is 8.45. The average molecular weight is 273 g/mol. The third-order valence-corrected chi connectivity index (χ3v) is 3.54. The zero-order valence-electron chi connectivity index (χ0n) is 10.8. The first-order valence-corrected chi connectivity index (χ1v) is 7.14. The minimum atomic E-state index is -3.52. The first-order valence-electron chi connectivity index (χ1n) is 5.66. The van der Waals surface area contributed by atoms with Crippen LogP contribution in [0.3, 0.4) is 0 Å². The number of nitrogens with zero attached hydrogens (tertiary/aromatic N) is 3. The molecule has 0 fully saturated rings. The summed E-state index contributed by atoms with van der Waals surface area (Å²) in [4.78, 5) is 9.82. The zero-order chi connectivity index (χ0) is 13.6. The van der Waals surface area contributed by atoms with Gasteiger partial charge in [-0.25, -0.2) is 23.1 Å². The Labute approximate surface area is 108 Å². The first kappa shape index (κ1) is 14.8. The SMILES string of the molecule is CCNc1ncc(S(=O)(=O)NCCN(C)C)cn1. The molecule has 102 valence electrons. The molecule has 1 aromatic rings. The van der Waals surface area contributed by atoms with E-state index in [-0.39, 0.29) is 4.90 Å². The highest BCUT2D eigenvalue weighted by Gasteiger charge is 2.14. The molecule has 0 saturated heterocycles. The molecule has 0 radical (unpaired) electrons. The van der Waals surface area contributed by atoms with Crippen molar-refractivity contribution in [2.45, 2.75) is 11.8 Å². The van der Waals surface area contributed by atoms with E-state index in [4.69, 9.17) is 0 Å². The van der Waals surface area contributed by atoms with Crippen LogP contribution in [0.25, 0.3) is 0 Å². The standard InChI is InChI=1S/C10H19N5O2S/c1-4-11-10-12-7-9(8-13-10)18(16,17)14-5-6-15(2)3/h7-8,14H,4-6H2,1-3H3,(H,11,12,13). The maximum absolute atomic E-state index is 11.9. The number of likely N-dealkylation sites (N-methyl/N-ethyl adjacent to an activating group) is 1. The lowest BCUT2D eigenvalue weighted by Gasteiger charge is -2.10. The highest BCUT2D eigenvalue weighted by molar-refractivity contribution is 7.89. The molecule has 0 aliphatic carbocycles. The third-order valence-electron chi connectivity index (χ3n) is 2.12. The lowest BCUT2D eigenvalue weighted by molar-refractivity contribution is 0.412. The van der Waals surface area contributed by atoms with E-state index in [1.807, 2.05) is 25.9 Å². The number of anilines is 1. The Morgan fingerprint density at radius 1 is 1.28 bits per heavy atom. The van der Waals surface area contributed by atoms with Crippen LogP contribution in [0.5, 0.6) is 0 Å². The van der Waals surface area contributed by atoms with Crippen molar-refractivity contribution in [2.75, 3.05) is 39.0 Å². The summed E-state index contributed by atoms with van der Waals surface area (Å²) in [6, 6.07) is 0. The molecular formula is C10H19N5O2S. The van der Waals surface area contributed by atoms with Gasteiger partial charge in [-0.05, 0) is 21.0 Å². The van der Waals surface area contributed by atoms with Gasteiger partial charge >= 0.3 is 0 Å². The van der Waals surface area contributed by atoms with Gasteiger partial charge in [0.05, 0.1) is 12.4 Å². The van der Waals surface area contributed by atoms with Crippen LogP contribution in [0, 0.1) is 0 Å². The molecule has 1 rings (SSSR count). The number of aromatic nitrogens is 2. The summed E-state index contributed by atoms with van der Waals surface area (Å²) in [5.41, 5.74) is 0. The van der Waals surface area contributed by atoms with Crippen LogP contribution in [0.15, 0.2) is 17.3 Å². The molecule has 0 spiro atoms. The molecule has 1 aromatic heterocycles. The molecule has 1 heterocycles. The van der Waals surface area contributed by atoms with Crippen molar-refractivity contribution in [1.29, 1.82) is 0 Å². The number of hydrogen-bond donors (Lipinski definition) is 2. The highest BCUT2D eigenvalue weighted by atomic mass is 32.2. The van der Waals surface area contributed by atoms with Gasteiger partial charge in [0.25, 0.3) is 0 Å². The Kier molecular flexibility index (Phi) is 5.45. The lowest BCUT2D eigenvalue weighted by Crippen LogP contribution is -2.31. The Balaban J connectivity index is 2.67. The predicted octanol–water partition coefficient (Wildman–Crippen LogP) is -0.252. The summed E-state index contributed by atoms with van der Waals surface area (Å²) in [6.07, 6.45) is 2.59. The Morgan fingerprint density at radius 3 is 2.39 bits per heavy atom. The van der Waals surface area contributed by atoms with Crippen molar-refractivity contribution < 1.29 is 8.42 Å². The van der Waals surface area contributed by atoms with E-state index in [9.17, 15) is 8.42 Å².